The van der Waals surface area contributed by atoms with Gasteiger partial charge < -0.3 is 5.32 Å². The normalized spacial score (nSPS) is 11.1. The molecule has 0 aliphatic heterocycles. The Balaban J connectivity index is 2.03. The Bertz CT molecular complexity index is 808. The Morgan fingerprint density at radius 1 is 1.08 bits per heavy atom. The minimum absolute atomic E-state index is 0.0184. The summed E-state index contributed by atoms with van der Waals surface area (Å²) in [4.78, 5) is 11.2. The van der Waals surface area contributed by atoms with Gasteiger partial charge in [0.25, 0.3) is 0 Å². The monoisotopic (exact) mass is 350 g/mol. The highest BCUT2D eigenvalue weighted by Crippen LogP contribution is 2.24. The van der Waals surface area contributed by atoms with Crippen LogP contribution >= 0.6 is 0 Å². The maximum atomic E-state index is 13.4. The Morgan fingerprint density at radius 2 is 1.79 bits per heavy atom. The topological polar surface area (TPSA) is 75.3 Å². The van der Waals surface area contributed by atoms with Gasteiger partial charge in [-0.2, -0.15) is 0 Å². The van der Waals surface area contributed by atoms with Crippen molar-refractivity contribution >= 4 is 27.3 Å². The molecule has 2 rings (SSSR count). The maximum absolute atomic E-state index is 13.4. The SMILES string of the molecule is CC(=O)Nc1ccc(F)cc1NS(=O)(=O)CCCc1ccccc1. The lowest BCUT2D eigenvalue weighted by molar-refractivity contribution is -0.114. The van der Waals surface area contributed by atoms with Crippen molar-refractivity contribution in [2.24, 2.45) is 0 Å². The molecule has 128 valence electrons. The van der Waals surface area contributed by atoms with Gasteiger partial charge in [-0.05, 0) is 30.5 Å². The van der Waals surface area contributed by atoms with Gasteiger partial charge in [-0.25, -0.2) is 12.8 Å². The molecule has 24 heavy (non-hydrogen) atoms. The van der Waals surface area contributed by atoms with E-state index in [0.29, 0.717) is 12.8 Å². The Kier molecular flexibility index (Phi) is 5.92. The first kappa shape index (κ1) is 17.9. The molecule has 0 aliphatic carbocycles. The predicted octanol–water partition coefficient (Wildman–Crippen LogP) is 3.16. The number of benzene rings is 2. The van der Waals surface area contributed by atoms with Crippen molar-refractivity contribution in [3.8, 4) is 0 Å². The summed E-state index contributed by atoms with van der Waals surface area (Å²) < 4.78 is 40.1. The Hall–Kier alpha value is -2.41. The second kappa shape index (κ2) is 7.92. The molecule has 7 heteroatoms. The summed E-state index contributed by atoms with van der Waals surface area (Å²) >= 11 is 0. The number of nitrogens with one attached hydrogen (secondary N) is 2. The first-order valence-corrected chi connectivity index (χ1v) is 9.12. The van der Waals surface area contributed by atoms with Crippen LogP contribution in [0.5, 0.6) is 0 Å². The molecular weight excluding hydrogens is 331 g/mol. The van der Waals surface area contributed by atoms with Gasteiger partial charge in [0.05, 0.1) is 17.1 Å². The average molecular weight is 350 g/mol. The molecule has 2 aromatic carbocycles. The first-order valence-electron chi connectivity index (χ1n) is 7.47. The zero-order valence-corrected chi connectivity index (χ0v) is 14.1. The number of aryl methyl sites for hydroxylation is 1. The van der Waals surface area contributed by atoms with Crippen molar-refractivity contribution in [1.82, 2.24) is 0 Å². The van der Waals surface area contributed by atoms with E-state index in [1.807, 2.05) is 30.3 Å². The van der Waals surface area contributed by atoms with Crippen molar-refractivity contribution in [1.29, 1.82) is 0 Å². The molecule has 0 bridgehead atoms. The van der Waals surface area contributed by atoms with Crippen LogP contribution in [0.3, 0.4) is 0 Å². The molecule has 0 saturated carbocycles. The number of anilines is 2. The van der Waals surface area contributed by atoms with Crippen LogP contribution in [0.2, 0.25) is 0 Å². The van der Waals surface area contributed by atoms with Crippen molar-refractivity contribution in [3.05, 3.63) is 59.9 Å². The number of sulfonamides is 1. The quantitative estimate of drug-likeness (QED) is 0.805. The number of amides is 1. The largest absolute Gasteiger partial charge is 0.325 e. The second-order valence-corrected chi connectivity index (χ2v) is 7.22. The van der Waals surface area contributed by atoms with Crippen LogP contribution in [0.1, 0.15) is 18.9 Å². The lowest BCUT2D eigenvalue weighted by Gasteiger charge is -2.13. The molecule has 1 amide bonds. The molecule has 0 spiro atoms. The molecule has 0 saturated heterocycles. The third kappa shape index (κ3) is 5.66. The number of carbonyl (C=O) groups excluding carboxylic acids is 1. The van der Waals surface area contributed by atoms with Crippen molar-refractivity contribution < 1.29 is 17.6 Å². The van der Waals surface area contributed by atoms with Crippen LogP contribution < -0.4 is 10.0 Å². The summed E-state index contributed by atoms with van der Waals surface area (Å²) in [5, 5.41) is 2.47. The van der Waals surface area contributed by atoms with E-state index in [9.17, 15) is 17.6 Å². The summed E-state index contributed by atoms with van der Waals surface area (Å²) in [5.41, 5.74) is 1.29. The fraction of sp³-hybridized carbons (Fsp3) is 0.235. The van der Waals surface area contributed by atoms with E-state index < -0.39 is 15.8 Å². The standard InChI is InChI=1S/C17H19FN2O3S/c1-13(21)19-16-10-9-15(18)12-17(16)20-24(22,23)11-5-8-14-6-3-2-4-7-14/h2-4,6-7,9-10,12,20H,5,8,11H2,1H3,(H,19,21). The molecule has 0 atom stereocenters. The second-order valence-electron chi connectivity index (χ2n) is 5.38. The van der Waals surface area contributed by atoms with E-state index in [0.717, 1.165) is 17.7 Å². The molecule has 0 aliphatic rings. The van der Waals surface area contributed by atoms with E-state index in [2.05, 4.69) is 10.0 Å². The summed E-state index contributed by atoms with van der Waals surface area (Å²) in [6.45, 7) is 1.29. The van der Waals surface area contributed by atoms with E-state index in [1.54, 1.807) is 0 Å². The molecule has 0 radical (unpaired) electrons. The van der Waals surface area contributed by atoms with Gasteiger partial charge in [0.1, 0.15) is 5.82 Å². The molecule has 0 unspecified atom stereocenters. The third-order valence-corrected chi connectivity index (χ3v) is 4.64. The van der Waals surface area contributed by atoms with Crippen molar-refractivity contribution in [2.75, 3.05) is 15.8 Å². The van der Waals surface area contributed by atoms with Crippen molar-refractivity contribution in [3.63, 3.8) is 0 Å². The van der Waals surface area contributed by atoms with E-state index in [-0.39, 0.29) is 23.0 Å². The Labute approximate surface area is 141 Å². The predicted molar refractivity (Wildman–Crippen MR) is 92.9 cm³/mol. The van der Waals surface area contributed by atoms with Crippen LogP contribution in [0.4, 0.5) is 15.8 Å². The lowest BCUT2D eigenvalue weighted by Crippen LogP contribution is -2.19. The van der Waals surface area contributed by atoms with Gasteiger partial charge in [-0.3, -0.25) is 9.52 Å². The van der Waals surface area contributed by atoms with Crippen LogP contribution in [0.15, 0.2) is 48.5 Å². The fourth-order valence-electron chi connectivity index (χ4n) is 2.23. The number of carbonyl (C=O) groups is 1. The van der Waals surface area contributed by atoms with Gasteiger partial charge >= 0.3 is 0 Å². The minimum Gasteiger partial charge on any atom is -0.325 e. The zero-order chi connectivity index (χ0) is 17.6. The van der Waals surface area contributed by atoms with E-state index >= 15 is 0 Å². The van der Waals surface area contributed by atoms with E-state index in [4.69, 9.17) is 0 Å². The summed E-state index contributed by atoms with van der Waals surface area (Å²) in [5.74, 6) is -1.06. The van der Waals surface area contributed by atoms with Crippen LogP contribution in [0, 0.1) is 5.82 Å². The molecule has 0 aromatic heterocycles. The molecular formula is C17H19FN2O3S. The smallest absolute Gasteiger partial charge is 0.232 e. The fourth-order valence-corrected chi connectivity index (χ4v) is 3.36. The van der Waals surface area contributed by atoms with Crippen LogP contribution in [-0.2, 0) is 21.2 Å². The van der Waals surface area contributed by atoms with Gasteiger partial charge in [0, 0.05) is 13.0 Å². The summed E-state index contributed by atoms with van der Waals surface area (Å²) in [6, 6.07) is 13.1. The maximum Gasteiger partial charge on any atom is 0.232 e. The summed E-state index contributed by atoms with van der Waals surface area (Å²) in [6.07, 6.45) is 1.06. The Morgan fingerprint density at radius 3 is 2.46 bits per heavy atom. The number of rotatable bonds is 7. The van der Waals surface area contributed by atoms with Gasteiger partial charge in [-0.15, -0.1) is 0 Å². The molecule has 2 aromatic rings. The van der Waals surface area contributed by atoms with Gasteiger partial charge in [0.2, 0.25) is 15.9 Å². The third-order valence-electron chi connectivity index (χ3n) is 3.28. The number of hydrogen-bond donors (Lipinski definition) is 2. The zero-order valence-electron chi connectivity index (χ0n) is 13.3. The van der Waals surface area contributed by atoms with Crippen LogP contribution in [-0.4, -0.2) is 20.1 Å². The van der Waals surface area contributed by atoms with Gasteiger partial charge in [-0.1, -0.05) is 30.3 Å². The molecule has 0 heterocycles. The molecule has 0 fully saturated rings. The average Bonchev–Trinajstić information content (AvgIpc) is 2.50. The minimum atomic E-state index is -3.65. The first-order chi connectivity index (χ1) is 11.4. The lowest BCUT2D eigenvalue weighted by atomic mass is 10.1. The van der Waals surface area contributed by atoms with E-state index in [1.165, 1.54) is 13.0 Å². The highest BCUT2D eigenvalue weighted by Gasteiger charge is 2.14. The summed E-state index contributed by atoms with van der Waals surface area (Å²) in [7, 11) is -3.65. The molecule has 2 N–H and O–H groups in total. The number of hydrogen-bond acceptors (Lipinski definition) is 3. The highest BCUT2D eigenvalue weighted by atomic mass is 32.2. The number of halogens is 1. The highest BCUT2D eigenvalue weighted by molar-refractivity contribution is 7.92. The van der Waals surface area contributed by atoms with Crippen molar-refractivity contribution in [2.45, 2.75) is 19.8 Å². The van der Waals surface area contributed by atoms with Crippen LogP contribution in [0.25, 0.3) is 0 Å². The molecule has 5 nitrogen and oxygen atoms in total. The van der Waals surface area contributed by atoms with Gasteiger partial charge in [0.15, 0.2) is 0 Å².